The van der Waals surface area contributed by atoms with Crippen molar-refractivity contribution in [2.45, 2.75) is 44.7 Å². The van der Waals surface area contributed by atoms with Gasteiger partial charge in [-0.2, -0.15) is 0 Å². The molecule has 0 radical (unpaired) electrons. The minimum atomic E-state index is -0.685. The zero-order valence-corrected chi connectivity index (χ0v) is 13.6. The Hall–Kier alpha value is -2.37. The molecule has 0 spiro atoms. The van der Waals surface area contributed by atoms with Crippen LogP contribution in [0.1, 0.15) is 31.2 Å². The number of piperidine rings is 1. The fourth-order valence-corrected chi connectivity index (χ4v) is 3.28. The summed E-state index contributed by atoms with van der Waals surface area (Å²) >= 11 is 0. The zero-order valence-electron chi connectivity index (χ0n) is 13.6. The van der Waals surface area contributed by atoms with Crippen molar-refractivity contribution in [3.05, 3.63) is 48.3 Å². The van der Waals surface area contributed by atoms with Crippen molar-refractivity contribution in [1.29, 1.82) is 0 Å². The van der Waals surface area contributed by atoms with Crippen LogP contribution in [-0.4, -0.2) is 38.1 Å². The number of aromatic nitrogens is 2. The number of imidazole rings is 1. The molecule has 1 aliphatic heterocycles. The van der Waals surface area contributed by atoms with Gasteiger partial charge < -0.3 is 14.6 Å². The minimum absolute atomic E-state index is 0.0235. The Balaban J connectivity index is 1.63. The second-order valence-corrected chi connectivity index (χ2v) is 6.29. The summed E-state index contributed by atoms with van der Waals surface area (Å²) in [7, 11) is 0. The first kappa shape index (κ1) is 16.5. The van der Waals surface area contributed by atoms with E-state index in [2.05, 4.69) is 4.98 Å². The Labute approximate surface area is 140 Å². The lowest BCUT2D eigenvalue weighted by Gasteiger charge is -2.36. The number of carbonyl (C=O) groups excluding carboxylic acids is 1. The lowest BCUT2D eigenvalue weighted by Crippen LogP contribution is -2.44. The molecule has 6 heteroatoms. The fraction of sp³-hybridized carbons (Fsp3) is 0.444. The number of likely N-dealkylation sites (tertiary alicyclic amines) is 1. The van der Waals surface area contributed by atoms with Crippen molar-refractivity contribution in [2.75, 3.05) is 6.54 Å². The molecule has 0 unspecified atom stereocenters. The molecule has 128 valence electrons. The van der Waals surface area contributed by atoms with E-state index in [0.29, 0.717) is 5.56 Å². The largest absolute Gasteiger partial charge is 0.505 e. The smallest absolute Gasteiger partial charge is 0.227 e. The molecule has 1 aromatic carbocycles. The first-order valence-electron chi connectivity index (χ1n) is 8.36. The van der Waals surface area contributed by atoms with Crippen molar-refractivity contribution in [3.8, 4) is 5.75 Å². The van der Waals surface area contributed by atoms with Crippen LogP contribution in [0, 0.1) is 5.82 Å². The van der Waals surface area contributed by atoms with Gasteiger partial charge in [-0.15, -0.1) is 0 Å². The molecule has 3 rings (SSSR count). The number of phenolic OH excluding ortho intramolecular Hbond substituents is 1. The number of amides is 1. The van der Waals surface area contributed by atoms with E-state index in [1.165, 1.54) is 12.1 Å². The normalized spacial score (nSPS) is 17.9. The summed E-state index contributed by atoms with van der Waals surface area (Å²) in [5, 5.41) is 9.25. The summed E-state index contributed by atoms with van der Waals surface area (Å²) in [5.74, 6) is -1.05. The van der Waals surface area contributed by atoms with Gasteiger partial charge in [0.2, 0.25) is 5.91 Å². The molecule has 1 aromatic heterocycles. The number of benzene rings is 1. The van der Waals surface area contributed by atoms with Crippen LogP contribution in [0.4, 0.5) is 4.39 Å². The summed E-state index contributed by atoms with van der Waals surface area (Å²) < 4.78 is 15.5. The van der Waals surface area contributed by atoms with Crippen LogP contribution in [0.3, 0.4) is 0 Å². The monoisotopic (exact) mass is 331 g/mol. The first-order valence-corrected chi connectivity index (χ1v) is 8.36. The number of aromatic hydroxyl groups is 1. The standard InChI is InChI=1S/C18H22FN3O2/c19-16-11-14(4-5-17(16)23)12-18(24)22-8-2-1-3-15(22)6-9-21-10-7-20-13-21/h4-5,7,10-11,13,15,23H,1-3,6,8-9,12H2/t15-/m0/s1. The third-order valence-corrected chi connectivity index (χ3v) is 4.59. The molecule has 1 N–H and O–H groups in total. The molecule has 1 atom stereocenters. The van der Waals surface area contributed by atoms with Crippen molar-refractivity contribution >= 4 is 5.91 Å². The van der Waals surface area contributed by atoms with Crippen LogP contribution in [0.15, 0.2) is 36.9 Å². The maximum Gasteiger partial charge on any atom is 0.227 e. The number of phenols is 1. The number of hydrogen-bond donors (Lipinski definition) is 1. The molecule has 0 bridgehead atoms. The van der Waals surface area contributed by atoms with E-state index in [-0.39, 0.29) is 24.1 Å². The Morgan fingerprint density at radius 2 is 2.25 bits per heavy atom. The number of halogens is 1. The lowest BCUT2D eigenvalue weighted by molar-refractivity contribution is -0.134. The highest BCUT2D eigenvalue weighted by Crippen LogP contribution is 2.22. The topological polar surface area (TPSA) is 58.4 Å². The summed E-state index contributed by atoms with van der Waals surface area (Å²) in [6.07, 6.45) is 9.67. The predicted molar refractivity (Wildman–Crippen MR) is 88.0 cm³/mol. The van der Waals surface area contributed by atoms with Crippen LogP contribution in [0.25, 0.3) is 0 Å². The maximum atomic E-state index is 13.4. The Morgan fingerprint density at radius 1 is 1.38 bits per heavy atom. The molecule has 24 heavy (non-hydrogen) atoms. The average molecular weight is 331 g/mol. The van der Waals surface area contributed by atoms with Crippen molar-refractivity contribution < 1.29 is 14.3 Å². The minimum Gasteiger partial charge on any atom is -0.505 e. The van der Waals surface area contributed by atoms with Gasteiger partial charge in [-0.05, 0) is 43.4 Å². The number of rotatable bonds is 5. The first-order chi connectivity index (χ1) is 11.6. The Bertz CT molecular complexity index is 688. The molecule has 0 aliphatic carbocycles. The van der Waals surface area contributed by atoms with Crippen molar-refractivity contribution in [1.82, 2.24) is 14.5 Å². The molecule has 1 amide bonds. The van der Waals surface area contributed by atoms with E-state index in [4.69, 9.17) is 0 Å². The van der Waals surface area contributed by atoms with Crippen LogP contribution < -0.4 is 0 Å². The highest BCUT2D eigenvalue weighted by Gasteiger charge is 2.26. The molecule has 5 nitrogen and oxygen atoms in total. The SMILES string of the molecule is O=C(Cc1ccc(O)c(F)c1)N1CCCC[C@H]1CCn1ccnc1. The molecule has 2 aromatic rings. The second kappa shape index (κ2) is 7.47. The van der Waals surface area contributed by atoms with Gasteiger partial charge in [-0.1, -0.05) is 6.07 Å². The van der Waals surface area contributed by atoms with Gasteiger partial charge in [0.15, 0.2) is 11.6 Å². The zero-order chi connectivity index (χ0) is 16.9. The van der Waals surface area contributed by atoms with Gasteiger partial charge in [0.05, 0.1) is 12.7 Å². The van der Waals surface area contributed by atoms with Gasteiger partial charge in [0.1, 0.15) is 0 Å². The summed E-state index contributed by atoms with van der Waals surface area (Å²) in [4.78, 5) is 18.6. The molecule has 0 saturated carbocycles. The van der Waals surface area contributed by atoms with Crippen LogP contribution in [-0.2, 0) is 17.8 Å². The van der Waals surface area contributed by atoms with Crippen LogP contribution >= 0.6 is 0 Å². The van der Waals surface area contributed by atoms with E-state index < -0.39 is 5.82 Å². The number of carbonyl (C=O) groups is 1. The van der Waals surface area contributed by atoms with E-state index in [1.807, 2.05) is 15.7 Å². The van der Waals surface area contributed by atoms with E-state index in [0.717, 1.165) is 38.8 Å². The lowest BCUT2D eigenvalue weighted by atomic mass is 9.98. The highest BCUT2D eigenvalue weighted by atomic mass is 19.1. The predicted octanol–water partition coefficient (Wildman–Crippen LogP) is 2.74. The average Bonchev–Trinajstić information content (AvgIpc) is 3.10. The second-order valence-electron chi connectivity index (χ2n) is 6.29. The third-order valence-electron chi connectivity index (χ3n) is 4.59. The highest BCUT2D eigenvalue weighted by molar-refractivity contribution is 5.79. The van der Waals surface area contributed by atoms with Gasteiger partial charge >= 0.3 is 0 Å². The van der Waals surface area contributed by atoms with E-state index in [1.54, 1.807) is 18.6 Å². The quantitative estimate of drug-likeness (QED) is 0.916. The number of hydrogen-bond acceptors (Lipinski definition) is 3. The number of aryl methyl sites for hydroxylation is 1. The van der Waals surface area contributed by atoms with E-state index in [9.17, 15) is 14.3 Å². The van der Waals surface area contributed by atoms with Gasteiger partial charge in [-0.25, -0.2) is 9.37 Å². The van der Waals surface area contributed by atoms with Crippen LogP contribution in [0.2, 0.25) is 0 Å². The summed E-state index contributed by atoms with van der Waals surface area (Å²) in [5.41, 5.74) is 0.592. The van der Waals surface area contributed by atoms with Gasteiger partial charge in [0.25, 0.3) is 0 Å². The molecular formula is C18H22FN3O2. The Morgan fingerprint density at radius 3 is 3.00 bits per heavy atom. The molecular weight excluding hydrogens is 309 g/mol. The van der Waals surface area contributed by atoms with Gasteiger partial charge in [-0.3, -0.25) is 4.79 Å². The maximum absolute atomic E-state index is 13.4. The molecule has 2 heterocycles. The number of nitrogens with zero attached hydrogens (tertiary/aromatic N) is 3. The third kappa shape index (κ3) is 3.93. The fourth-order valence-electron chi connectivity index (χ4n) is 3.28. The van der Waals surface area contributed by atoms with Gasteiger partial charge in [0, 0.05) is 31.5 Å². The van der Waals surface area contributed by atoms with Crippen molar-refractivity contribution in [2.24, 2.45) is 0 Å². The molecule has 1 fully saturated rings. The summed E-state index contributed by atoms with van der Waals surface area (Å²) in [6, 6.07) is 4.35. The van der Waals surface area contributed by atoms with Crippen molar-refractivity contribution in [3.63, 3.8) is 0 Å². The molecule has 1 aliphatic rings. The van der Waals surface area contributed by atoms with Crippen LogP contribution in [0.5, 0.6) is 5.75 Å². The van der Waals surface area contributed by atoms with E-state index >= 15 is 0 Å². The Kier molecular flexibility index (Phi) is 5.13. The molecule has 1 saturated heterocycles. The summed E-state index contributed by atoms with van der Waals surface area (Å²) in [6.45, 7) is 1.59.